The van der Waals surface area contributed by atoms with E-state index in [4.69, 9.17) is 4.42 Å². The van der Waals surface area contributed by atoms with Crippen LogP contribution in [0.5, 0.6) is 0 Å². The Hall–Kier alpha value is -2.35. The van der Waals surface area contributed by atoms with E-state index in [-0.39, 0.29) is 5.82 Å². The van der Waals surface area contributed by atoms with Crippen molar-refractivity contribution < 1.29 is 17.6 Å². The first-order valence-corrected chi connectivity index (χ1v) is 7.06. The molecule has 0 aliphatic rings. The minimum absolute atomic E-state index is 0.141. The van der Waals surface area contributed by atoms with E-state index in [2.05, 4.69) is 20.5 Å². The first-order chi connectivity index (χ1) is 10.9. The Morgan fingerprint density at radius 3 is 2.74 bits per heavy atom. The van der Waals surface area contributed by atoms with Gasteiger partial charge in [-0.15, -0.1) is 5.10 Å². The topological polar surface area (TPSA) is 66.7 Å². The quantitative estimate of drug-likeness (QED) is 0.767. The predicted molar refractivity (Wildman–Crippen MR) is 77.6 cm³/mol. The van der Waals surface area contributed by atoms with Crippen LogP contribution in [0.2, 0.25) is 0 Å². The minimum atomic E-state index is -4.55. The first-order valence-electron chi connectivity index (χ1n) is 7.06. The van der Waals surface area contributed by atoms with E-state index in [1.807, 2.05) is 31.2 Å². The summed E-state index contributed by atoms with van der Waals surface area (Å²) in [6, 6.07) is 7.21. The summed E-state index contributed by atoms with van der Waals surface area (Å²) < 4.78 is 43.2. The van der Waals surface area contributed by atoms with Gasteiger partial charge in [-0.3, -0.25) is 5.10 Å². The number of hydrogen-bond acceptors (Lipinski definition) is 4. The van der Waals surface area contributed by atoms with Crippen molar-refractivity contribution in [1.29, 1.82) is 0 Å². The van der Waals surface area contributed by atoms with Crippen LogP contribution in [0, 0.1) is 6.92 Å². The van der Waals surface area contributed by atoms with Crippen molar-refractivity contribution in [2.24, 2.45) is 0 Å². The number of benzene rings is 1. The van der Waals surface area contributed by atoms with Crippen molar-refractivity contribution in [2.45, 2.75) is 32.6 Å². The van der Waals surface area contributed by atoms with Crippen LogP contribution in [0.15, 0.2) is 28.7 Å². The molecule has 122 valence electrons. The fourth-order valence-electron chi connectivity index (χ4n) is 2.39. The minimum Gasteiger partial charge on any atom is -0.461 e. The van der Waals surface area contributed by atoms with Crippen LogP contribution in [0.1, 0.15) is 35.9 Å². The summed E-state index contributed by atoms with van der Waals surface area (Å²) in [6.07, 6.45) is -4.55. The summed E-state index contributed by atoms with van der Waals surface area (Å²) in [5, 5.41) is 9.65. The van der Waals surface area contributed by atoms with E-state index in [0.29, 0.717) is 6.54 Å². The van der Waals surface area contributed by atoms with E-state index < -0.39 is 18.0 Å². The number of furan rings is 1. The summed E-state index contributed by atoms with van der Waals surface area (Å²) in [7, 11) is 0. The van der Waals surface area contributed by atoms with Gasteiger partial charge in [0.1, 0.15) is 17.2 Å². The fourth-order valence-corrected chi connectivity index (χ4v) is 2.39. The molecule has 8 heteroatoms. The molecule has 2 N–H and O–H groups in total. The van der Waals surface area contributed by atoms with Crippen LogP contribution in [0.25, 0.3) is 11.0 Å². The molecule has 3 aromatic rings. The van der Waals surface area contributed by atoms with Gasteiger partial charge in [0.15, 0.2) is 0 Å². The average Bonchev–Trinajstić information content (AvgIpc) is 3.09. The van der Waals surface area contributed by atoms with Gasteiger partial charge in [-0.1, -0.05) is 18.2 Å². The molecule has 3 rings (SSSR count). The molecule has 0 aliphatic carbocycles. The van der Waals surface area contributed by atoms with Crippen LogP contribution >= 0.6 is 0 Å². The number of H-pyrrole nitrogens is 1. The van der Waals surface area contributed by atoms with Gasteiger partial charge >= 0.3 is 6.18 Å². The molecule has 23 heavy (non-hydrogen) atoms. The highest BCUT2D eigenvalue weighted by molar-refractivity contribution is 5.82. The third kappa shape index (κ3) is 3.07. The summed E-state index contributed by atoms with van der Waals surface area (Å²) in [6.45, 7) is 4.03. The second kappa shape index (κ2) is 5.69. The highest BCUT2D eigenvalue weighted by atomic mass is 19.4. The molecule has 0 radical (unpaired) electrons. The summed E-state index contributed by atoms with van der Waals surface area (Å²) in [5.74, 6) is -0.242. The fraction of sp³-hybridized carbons (Fsp3) is 0.333. The first kappa shape index (κ1) is 15.5. The van der Waals surface area contributed by atoms with E-state index in [0.717, 1.165) is 22.3 Å². The van der Waals surface area contributed by atoms with Gasteiger partial charge < -0.3 is 9.73 Å². The molecule has 2 heterocycles. The molecule has 1 unspecified atom stereocenters. The Morgan fingerprint density at radius 1 is 1.30 bits per heavy atom. The van der Waals surface area contributed by atoms with Gasteiger partial charge in [-0.2, -0.15) is 13.2 Å². The molecule has 5 nitrogen and oxygen atoms in total. The second-order valence-electron chi connectivity index (χ2n) is 5.28. The molecule has 1 aromatic carbocycles. The lowest BCUT2D eigenvalue weighted by molar-refractivity contribution is -0.144. The van der Waals surface area contributed by atoms with Crippen molar-refractivity contribution >= 4 is 11.0 Å². The molecule has 0 saturated heterocycles. The Labute approximate surface area is 129 Å². The number of para-hydroxylation sites is 1. The summed E-state index contributed by atoms with van der Waals surface area (Å²) >= 11 is 0. The van der Waals surface area contributed by atoms with Crippen LogP contribution in [0.3, 0.4) is 0 Å². The lowest BCUT2D eigenvalue weighted by Crippen LogP contribution is -2.19. The van der Waals surface area contributed by atoms with Gasteiger partial charge in [-0.05, 0) is 19.9 Å². The molecule has 0 aliphatic heterocycles. The van der Waals surface area contributed by atoms with Gasteiger partial charge in [-0.25, -0.2) is 4.98 Å². The third-order valence-corrected chi connectivity index (χ3v) is 3.65. The molecule has 1 atom stereocenters. The molecule has 0 saturated carbocycles. The molecule has 0 fully saturated rings. The maximum atomic E-state index is 12.5. The smallest absolute Gasteiger partial charge is 0.453 e. The van der Waals surface area contributed by atoms with Crippen LogP contribution in [-0.2, 0) is 12.7 Å². The number of alkyl halides is 3. The van der Waals surface area contributed by atoms with Crippen molar-refractivity contribution in [3.8, 4) is 0 Å². The van der Waals surface area contributed by atoms with Crippen molar-refractivity contribution in [3.63, 3.8) is 0 Å². The van der Waals surface area contributed by atoms with Crippen LogP contribution in [-0.4, -0.2) is 15.2 Å². The SMILES string of the molecule is Cc1oc2ccccc2c1CNC(C)c1nc(C(F)(F)F)n[nH]1. The van der Waals surface area contributed by atoms with E-state index in [1.165, 1.54) is 0 Å². The van der Waals surface area contributed by atoms with E-state index >= 15 is 0 Å². The maximum absolute atomic E-state index is 12.5. The van der Waals surface area contributed by atoms with Crippen LogP contribution in [0.4, 0.5) is 13.2 Å². The van der Waals surface area contributed by atoms with Gasteiger partial charge in [0, 0.05) is 17.5 Å². The van der Waals surface area contributed by atoms with Gasteiger partial charge in [0.05, 0.1) is 6.04 Å². The number of hydrogen-bond donors (Lipinski definition) is 2. The highest BCUT2D eigenvalue weighted by Gasteiger charge is 2.36. The maximum Gasteiger partial charge on any atom is 0.453 e. The molecule has 0 amide bonds. The number of aryl methyl sites for hydroxylation is 1. The van der Waals surface area contributed by atoms with Crippen molar-refractivity contribution in [2.75, 3.05) is 0 Å². The molecule has 0 spiro atoms. The number of rotatable bonds is 4. The zero-order chi connectivity index (χ0) is 16.6. The number of nitrogens with zero attached hydrogens (tertiary/aromatic N) is 2. The number of nitrogens with one attached hydrogen (secondary N) is 2. The Bertz CT molecular complexity index is 822. The Balaban J connectivity index is 1.74. The van der Waals surface area contributed by atoms with Crippen molar-refractivity contribution in [3.05, 3.63) is 47.2 Å². The van der Waals surface area contributed by atoms with Crippen molar-refractivity contribution in [1.82, 2.24) is 20.5 Å². The molecular weight excluding hydrogens is 309 g/mol. The summed E-state index contributed by atoms with van der Waals surface area (Å²) in [5.41, 5.74) is 1.76. The molecular formula is C15H15F3N4O. The van der Waals surface area contributed by atoms with Gasteiger partial charge in [0.2, 0.25) is 0 Å². The monoisotopic (exact) mass is 324 g/mol. The molecule has 0 bridgehead atoms. The van der Waals surface area contributed by atoms with E-state index in [9.17, 15) is 13.2 Å². The molecule has 2 aromatic heterocycles. The standard InChI is InChI=1S/C15H15F3N4O/c1-8(13-20-14(22-21-13)15(16,17)18)19-7-11-9(2)23-12-6-4-3-5-10(11)12/h3-6,8,19H,7H2,1-2H3,(H,20,21,22). The summed E-state index contributed by atoms with van der Waals surface area (Å²) in [4.78, 5) is 3.49. The normalized spacial score (nSPS) is 13.6. The predicted octanol–water partition coefficient (Wildman–Crippen LogP) is 3.73. The number of fused-ring (bicyclic) bond motifs is 1. The highest BCUT2D eigenvalue weighted by Crippen LogP contribution is 2.27. The average molecular weight is 324 g/mol. The number of aromatic amines is 1. The Kier molecular flexibility index (Phi) is 3.85. The lowest BCUT2D eigenvalue weighted by atomic mass is 10.1. The van der Waals surface area contributed by atoms with Gasteiger partial charge in [0.25, 0.3) is 5.82 Å². The number of halogens is 3. The second-order valence-corrected chi connectivity index (χ2v) is 5.28. The zero-order valence-corrected chi connectivity index (χ0v) is 12.5. The zero-order valence-electron chi connectivity index (χ0n) is 12.5. The lowest BCUT2D eigenvalue weighted by Gasteiger charge is -2.10. The third-order valence-electron chi connectivity index (χ3n) is 3.65. The number of aromatic nitrogens is 3. The Morgan fingerprint density at radius 2 is 2.04 bits per heavy atom. The largest absolute Gasteiger partial charge is 0.461 e. The van der Waals surface area contributed by atoms with E-state index in [1.54, 1.807) is 6.92 Å². The van der Waals surface area contributed by atoms with Crippen LogP contribution < -0.4 is 5.32 Å².